The molecular formula is C18H17ClN4O. The van der Waals surface area contributed by atoms with Gasteiger partial charge >= 0.3 is 0 Å². The first kappa shape index (κ1) is 16.1. The summed E-state index contributed by atoms with van der Waals surface area (Å²) in [6.07, 6.45) is 1.50. The molecule has 122 valence electrons. The lowest BCUT2D eigenvalue weighted by atomic mass is 10.2. The van der Waals surface area contributed by atoms with E-state index >= 15 is 0 Å². The summed E-state index contributed by atoms with van der Waals surface area (Å²) in [5.74, 6) is 2.00. The second-order valence-electron chi connectivity index (χ2n) is 5.25. The van der Waals surface area contributed by atoms with Crippen LogP contribution < -0.4 is 15.4 Å². The molecule has 0 saturated heterocycles. The average molecular weight is 341 g/mol. The molecule has 0 fully saturated rings. The lowest BCUT2D eigenvalue weighted by Crippen LogP contribution is -1.98. The number of nitrogens with zero attached hydrogens (tertiary/aromatic N) is 2. The van der Waals surface area contributed by atoms with Crippen molar-refractivity contribution < 1.29 is 4.74 Å². The number of methoxy groups -OCH3 is 1. The van der Waals surface area contributed by atoms with Crippen LogP contribution in [0.4, 0.5) is 23.0 Å². The summed E-state index contributed by atoms with van der Waals surface area (Å²) >= 11 is 6.14. The Balaban J connectivity index is 1.75. The molecular weight excluding hydrogens is 324 g/mol. The molecule has 0 aliphatic rings. The van der Waals surface area contributed by atoms with Crippen LogP contribution in [0.25, 0.3) is 0 Å². The van der Waals surface area contributed by atoms with Gasteiger partial charge < -0.3 is 15.4 Å². The maximum atomic E-state index is 6.14. The third-order valence-electron chi connectivity index (χ3n) is 3.42. The molecule has 0 spiro atoms. The molecule has 0 unspecified atom stereocenters. The zero-order valence-corrected chi connectivity index (χ0v) is 14.1. The lowest BCUT2D eigenvalue weighted by Gasteiger charge is -2.10. The van der Waals surface area contributed by atoms with E-state index in [2.05, 4.69) is 27.5 Å². The first-order valence-electron chi connectivity index (χ1n) is 7.40. The predicted octanol–water partition coefficient (Wildman–Crippen LogP) is 4.93. The SMILES string of the molecule is COc1ccc(Nc2cc(Nc3ccc(C)cc3)ncn2)cc1Cl. The van der Waals surface area contributed by atoms with Gasteiger partial charge in [0, 0.05) is 17.4 Å². The number of halogens is 1. The minimum Gasteiger partial charge on any atom is -0.495 e. The van der Waals surface area contributed by atoms with Crippen molar-refractivity contribution >= 4 is 34.6 Å². The van der Waals surface area contributed by atoms with Gasteiger partial charge in [0.2, 0.25) is 0 Å². The summed E-state index contributed by atoms with van der Waals surface area (Å²) in [7, 11) is 1.59. The summed E-state index contributed by atoms with van der Waals surface area (Å²) in [5, 5.41) is 6.99. The van der Waals surface area contributed by atoms with Gasteiger partial charge in [-0.1, -0.05) is 29.3 Å². The smallest absolute Gasteiger partial charge is 0.137 e. The van der Waals surface area contributed by atoms with Crippen molar-refractivity contribution in [2.45, 2.75) is 6.92 Å². The van der Waals surface area contributed by atoms with E-state index in [1.165, 1.54) is 11.9 Å². The average Bonchev–Trinajstić information content (AvgIpc) is 2.58. The van der Waals surface area contributed by atoms with E-state index in [1.807, 2.05) is 36.4 Å². The van der Waals surface area contributed by atoms with Gasteiger partial charge in [-0.2, -0.15) is 0 Å². The van der Waals surface area contributed by atoms with E-state index in [9.17, 15) is 0 Å². The highest BCUT2D eigenvalue weighted by molar-refractivity contribution is 6.32. The number of nitrogens with one attached hydrogen (secondary N) is 2. The van der Waals surface area contributed by atoms with E-state index < -0.39 is 0 Å². The van der Waals surface area contributed by atoms with E-state index in [0.717, 1.165) is 11.4 Å². The van der Waals surface area contributed by atoms with Crippen LogP contribution in [-0.4, -0.2) is 17.1 Å². The van der Waals surface area contributed by atoms with Gasteiger partial charge in [-0.3, -0.25) is 0 Å². The minimum absolute atomic E-state index is 0.537. The third-order valence-corrected chi connectivity index (χ3v) is 3.71. The van der Waals surface area contributed by atoms with E-state index in [-0.39, 0.29) is 0 Å². The maximum Gasteiger partial charge on any atom is 0.137 e. The Bertz CT molecular complexity index is 837. The zero-order valence-electron chi connectivity index (χ0n) is 13.4. The number of aromatic nitrogens is 2. The molecule has 1 heterocycles. The molecule has 3 rings (SSSR count). The molecule has 6 heteroatoms. The summed E-state index contributed by atoms with van der Waals surface area (Å²) in [5.41, 5.74) is 3.00. The number of hydrogen-bond donors (Lipinski definition) is 2. The Labute approximate surface area is 145 Å². The summed E-state index contributed by atoms with van der Waals surface area (Å²) in [6.45, 7) is 2.05. The molecule has 0 atom stereocenters. The number of aryl methyl sites for hydroxylation is 1. The van der Waals surface area contributed by atoms with Crippen LogP contribution in [0.2, 0.25) is 5.02 Å². The molecule has 1 aromatic heterocycles. The molecule has 0 aliphatic carbocycles. The molecule has 2 N–H and O–H groups in total. The van der Waals surface area contributed by atoms with Crippen molar-refractivity contribution in [3.63, 3.8) is 0 Å². The van der Waals surface area contributed by atoms with Crippen LogP contribution >= 0.6 is 11.6 Å². The number of ether oxygens (including phenoxy) is 1. The van der Waals surface area contributed by atoms with Gasteiger partial charge in [0.15, 0.2) is 0 Å². The second kappa shape index (κ2) is 7.19. The van der Waals surface area contributed by atoms with Crippen molar-refractivity contribution in [1.29, 1.82) is 0 Å². The zero-order chi connectivity index (χ0) is 16.9. The van der Waals surface area contributed by atoms with Crippen LogP contribution in [-0.2, 0) is 0 Å². The molecule has 2 aromatic carbocycles. The van der Waals surface area contributed by atoms with Crippen LogP contribution in [0, 0.1) is 6.92 Å². The number of anilines is 4. The highest BCUT2D eigenvalue weighted by atomic mass is 35.5. The van der Waals surface area contributed by atoms with Crippen molar-refractivity contribution in [3.8, 4) is 5.75 Å². The normalized spacial score (nSPS) is 10.3. The summed E-state index contributed by atoms with van der Waals surface area (Å²) < 4.78 is 5.15. The molecule has 0 amide bonds. The molecule has 0 saturated carbocycles. The van der Waals surface area contributed by atoms with Gasteiger partial charge in [-0.25, -0.2) is 9.97 Å². The Kier molecular flexibility index (Phi) is 4.82. The van der Waals surface area contributed by atoms with Crippen LogP contribution in [0.5, 0.6) is 5.75 Å². The topological polar surface area (TPSA) is 59.1 Å². The van der Waals surface area contributed by atoms with E-state index in [1.54, 1.807) is 19.2 Å². The molecule has 5 nitrogen and oxygen atoms in total. The Morgan fingerprint density at radius 1 is 0.875 bits per heavy atom. The maximum absolute atomic E-state index is 6.14. The number of rotatable bonds is 5. The number of benzene rings is 2. The largest absolute Gasteiger partial charge is 0.495 e. The summed E-state index contributed by atoms with van der Waals surface area (Å²) in [6, 6.07) is 15.4. The van der Waals surface area contributed by atoms with Gasteiger partial charge in [0.1, 0.15) is 23.7 Å². The minimum atomic E-state index is 0.537. The highest BCUT2D eigenvalue weighted by Gasteiger charge is 2.04. The fraction of sp³-hybridized carbons (Fsp3) is 0.111. The van der Waals surface area contributed by atoms with Crippen LogP contribution in [0.15, 0.2) is 54.9 Å². The standard InChI is InChI=1S/C18H17ClN4O/c1-12-3-5-13(6-4-12)22-17-10-18(21-11-20-17)23-14-7-8-16(24-2)15(19)9-14/h3-11H,1-2H3,(H2,20,21,22,23). The molecule has 24 heavy (non-hydrogen) atoms. The Morgan fingerprint density at radius 3 is 2.12 bits per heavy atom. The van der Waals surface area contributed by atoms with Crippen LogP contribution in [0.3, 0.4) is 0 Å². The highest BCUT2D eigenvalue weighted by Crippen LogP contribution is 2.28. The Hall–Kier alpha value is -2.79. The molecule has 0 bridgehead atoms. The van der Waals surface area contributed by atoms with Crippen molar-refractivity contribution in [2.75, 3.05) is 17.7 Å². The van der Waals surface area contributed by atoms with Gasteiger partial charge in [-0.05, 0) is 37.3 Å². The van der Waals surface area contributed by atoms with Gasteiger partial charge in [0.25, 0.3) is 0 Å². The third kappa shape index (κ3) is 3.94. The van der Waals surface area contributed by atoms with Crippen molar-refractivity contribution in [1.82, 2.24) is 9.97 Å². The fourth-order valence-electron chi connectivity index (χ4n) is 2.17. The monoisotopic (exact) mass is 340 g/mol. The van der Waals surface area contributed by atoms with E-state index in [0.29, 0.717) is 22.4 Å². The quantitative estimate of drug-likeness (QED) is 0.689. The second-order valence-corrected chi connectivity index (χ2v) is 5.66. The van der Waals surface area contributed by atoms with Gasteiger partial charge in [-0.15, -0.1) is 0 Å². The predicted molar refractivity (Wildman–Crippen MR) is 97.8 cm³/mol. The number of hydrogen-bond acceptors (Lipinski definition) is 5. The fourth-order valence-corrected chi connectivity index (χ4v) is 2.43. The van der Waals surface area contributed by atoms with E-state index in [4.69, 9.17) is 16.3 Å². The lowest BCUT2D eigenvalue weighted by molar-refractivity contribution is 0.415. The first-order chi connectivity index (χ1) is 11.6. The molecule has 0 aliphatic heterocycles. The Morgan fingerprint density at radius 2 is 1.50 bits per heavy atom. The van der Waals surface area contributed by atoms with Crippen molar-refractivity contribution in [3.05, 3.63) is 65.4 Å². The van der Waals surface area contributed by atoms with Crippen LogP contribution in [0.1, 0.15) is 5.56 Å². The van der Waals surface area contributed by atoms with Gasteiger partial charge in [0.05, 0.1) is 12.1 Å². The summed E-state index contributed by atoms with van der Waals surface area (Å²) in [4.78, 5) is 8.46. The molecule has 3 aromatic rings. The first-order valence-corrected chi connectivity index (χ1v) is 7.78. The molecule has 0 radical (unpaired) electrons. The van der Waals surface area contributed by atoms with Crippen molar-refractivity contribution in [2.24, 2.45) is 0 Å².